The molecule has 33 heavy (non-hydrogen) atoms. The number of hydrogen-bond donors (Lipinski definition) is 2. The number of aromatic nitrogens is 1. The Morgan fingerprint density at radius 2 is 1.94 bits per heavy atom. The van der Waals surface area contributed by atoms with E-state index in [9.17, 15) is 14.7 Å². The summed E-state index contributed by atoms with van der Waals surface area (Å²) in [5.41, 5.74) is 0.809. The third-order valence-electron chi connectivity index (χ3n) is 5.50. The topological polar surface area (TPSA) is 102 Å². The fraction of sp³-hybridized carbons (Fsp3) is 0.208. The van der Waals surface area contributed by atoms with E-state index in [2.05, 4.69) is 22.3 Å². The molecule has 0 radical (unpaired) electrons. The van der Waals surface area contributed by atoms with Gasteiger partial charge < -0.3 is 14.4 Å². The van der Waals surface area contributed by atoms with Crippen molar-refractivity contribution in [2.75, 3.05) is 5.32 Å². The van der Waals surface area contributed by atoms with E-state index in [-0.39, 0.29) is 0 Å². The molecule has 0 bridgehead atoms. The Hall–Kier alpha value is -3.61. The number of carboxylic acids is 1. The molecule has 0 saturated heterocycles. The number of carboxylic acid groups (broad SMARTS) is 1. The Bertz CT molecular complexity index is 1370. The molecule has 0 spiro atoms. The van der Waals surface area contributed by atoms with Crippen molar-refractivity contribution in [3.05, 3.63) is 69.7 Å². The van der Waals surface area contributed by atoms with Gasteiger partial charge in [0.05, 0.1) is 4.88 Å². The molecule has 3 aromatic heterocycles. The summed E-state index contributed by atoms with van der Waals surface area (Å²) in [6.07, 6.45) is 1.64. The zero-order valence-electron chi connectivity index (χ0n) is 17.5. The summed E-state index contributed by atoms with van der Waals surface area (Å²) in [6, 6.07) is 13.3. The van der Waals surface area contributed by atoms with Gasteiger partial charge in [0.1, 0.15) is 23.5 Å². The molecule has 0 aliphatic heterocycles. The Kier molecular flexibility index (Phi) is 5.40. The van der Waals surface area contributed by atoms with Crippen molar-refractivity contribution < 1.29 is 24.0 Å². The lowest BCUT2D eigenvalue weighted by Gasteiger charge is -2.13. The van der Waals surface area contributed by atoms with Gasteiger partial charge in [-0.15, -0.1) is 22.7 Å². The monoisotopic (exact) mass is 478 g/mol. The molecule has 1 amide bonds. The van der Waals surface area contributed by atoms with E-state index in [1.807, 2.05) is 42.5 Å². The molecule has 7 nitrogen and oxygen atoms in total. The minimum absolute atomic E-state index is 0.291. The summed E-state index contributed by atoms with van der Waals surface area (Å²) < 4.78 is 12.4. The van der Waals surface area contributed by atoms with Gasteiger partial charge in [0.25, 0.3) is 0 Å². The SMILES string of the molecule is CC(OC(=O)Nc1conc1C#Cc1cc2sc(C3(C(=O)O)CC3)cc2s1)c1ccccc1. The predicted molar refractivity (Wildman–Crippen MR) is 126 cm³/mol. The molecule has 1 unspecified atom stereocenters. The van der Waals surface area contributed by atoms with Crippen LogP contribution in [0.4, 0.5) is 10.5 Å². The van der Waals surface area contributed by atoms with Crippen molar-refractivity contribution in [1.29, 1.82) is 0 Å². The molecule has 1 aliphatic carbocycles. The number of hydrogen-bond acceptors (Lipinski definition) is 7. The van der Waals surface area contributed by atoms with Crippen LogP contribution >= 0.6 is 22.7 Å². The zero-order valence-corrected chi connectivity index (χ0v) is 19.1. The van der Waals surface area contributed by atoms with Gasteiger partial charge in [0.2, 0.25) is 0 Å². The number of fused-ring (bicyclic) bond motifs is 1. The van der Waals surface area contributed by atoms with Crippen LogP contribution < -0.4 is 5.32 Å². The van der Waals surface area contributed by atoms with Gasteiger partial charge in [-0.3, -0.25) is 10.1 Å². The number of carbonyl (C=O) groups is 2. The number of anilines is 1. The van der Waals surface area contributed by atoms with Crippen LogP contribution in [0.15, 0.2) is 53.3 Å². The fourth-order valence-electron chi connectivity index (χ4n) is 3.45. The molecule has 1 aliphatic rings. The molecule has 2 N–H and O–H groups in total. The van der Waals surface area contributed by atoms with E-state index in [1.165, 1.54) is 28.9 Å². The lowest BCUT2D eigenvalue weighted by molar-refractivity contribution is -0.139. The molecule has 4 aromatic rings. The summed E-state index contributed by atoms with van der Waals surface area (Å²) in [6.45, 7) is 1.79. The maximum Gasteiger partial charge on any atom is 0.412 e. The molecule has 9 heteroatoms. The van der Waals surface area contributed by atoms with Gasteiger partial charge in [-0.05, 0) is 49.3 Å². The number of nitrogens with zero attached hydrogens (tertiary/aromatic N) is 1. The van der Waals surface area contributed by atoms with Crippen LogP contribution in [-0.2, 0) is 14.9 Å². The largest absolute Gasteiger partial charge is 0.481 e. The minimum atomic E-state index is -0.751. The van der Waals surface area contributed by atoms with E-state index in [4.69, 9.17) is 9.26 Å². The van der Waals surface area contributed by atoms with Gasteiger partial charge in [-0.25, -0.2) is 4.79 Å². The molecule has 1 fully saturated rings. The van der Waals surface area contributed by atoms with Crippen LogP contribution in [0.25, 0.3) is 9.40 Å². The van der Waals surface area contributed by atoms with E-state index >= 15 is 0 Å². The second-order valence-corrected chi connectivity index (χ2v) is 9.91. The molecule has 1 saturated carbocycles. The first-order valence-electron chi connectivity index (χ1n) is 10.2. The normalized spacial score (nSPS) is 14.8. The summed E-state index contributed by atoms with van der Waals surface area (Å²) in [5.74, 6) is 5.21. The fourth-order valence-corrected chi connectivity index (χ4v) is 5.94. The van der Waals surface area contributed by atoms with Crippen LogP contribution in [0.2, 0.25) is 0 Å². The maximum absolute atomic E-state index is 12.3. The minimum Gasteiger partial charge on any atom is -0.481 e. The van der Waals surface area contributed by atoms with Crippen LogP contribution in [0.1, 0.15) is 46.9 Å². The van der Waals surface area contributed by atoms with Crippen LogP contribution in [0, 0.1) is 11.8 Å². The first kappa shape index (κ1) is 21.2. The Labute approximate surface area is 197 Å². The smallest absolute Gasteiger partial charge is 0.412 e. The standard InChI is InChI=1S/C24H18N2O5S2/c1-14(15-5-3-2-4-6-15)31-23(29)25-18-13-30-26-17(18)8-7-16-11-19-20(32-16)12-21(33-19)24(9-10-24)22(27)28/h2-6,11-14H,9-10H2,1H3,(H,25,29)(H,27,28). The van der Waals surface area contributed by atoms with E-state index in [0.29, 0.717) is 24.2 Å². The summed E-state index contributed by atoms with van der Waals surface area (Å²) in [5, 5.41) is 16.0. The zero-order chi connectivity index (χ0) is 23.0. The van der Waals surface area contributed by atoms with Gasteiger partial charge in [-0.1, -0.05) is 35.5 Å². The first-order valence-corrected chi connectivity index (χ1v) is 11.8. The lowest BCUT2D eigenvalue weighted by atomic mass is 10.1. The molecule has 166 valence electrons. The van der Waals surface area contributed by atoms with Crippen molar-refractivity contribution in [2.24, 2.45) is 0 Å². The van der Waals surface area contributed by atoms with Crippen LogP contribution in [0.3, 0.4) is 0 Å². The summed E-state index contributed by atoms with van der Waals surface area (Å²) >= 11 is 3.00. The van der Waals surface area contributed by atoms with Gasteiger partial charge in [0.15, 0.2) is 5.69 Å². The van der Waals surface area contributed by atoms with Crippen molar-refractivity contribution in [1.82, 2.24) is 5.16 Å². The van der Waals surface area contributed by atoms with Crippen molar-refractivity contribution in [3.63, 3.8) is 0 Å². The van der Waals surface area contributed by atoms with E-state index in [0.717, 1.165) is 24.7 Å². The highest BCUT2D eigenvalue weighted by atomic mass is 32.1. The summed E-state index contributed by atoms with van der Waals surface area (Å²) in [4.78, 5) is 25.6. The highest BCUT2D eigenvalue weighted by Gasteiger charge is 2.53. The predicted octanol–water partition coefficient (Wildman–Crippen LogP) is 5.78. The number of nitrogens with one attached hydrogen (secondary N) is 1. The number of ether oxygens (including phenoxy) is 1. The third kappa shape index (κ3) is 4.23. The van der Waals surface area contributed by atoms with E-state index < -0.39 is 23.6 Å². The van der Waals surface area contributed by atoms with Crippen molar-refractivity contribution in [3.8, 4) is 11.8 Å². The molecular formula is C24H18N2O5S2. The second kappa shape index (κ2) is 8.39. The summed E-state index contributed by atoms with van der Waals surface area (Å²) in [7, 11) is 0. The molecule has 1 atom stereocenters. The maximum atomic E-state index is 12.3. The molecule has 3 heterocycles. The number of benzene rings is 1. The lowest BCUT2D eigenvalue weighted by Crippen LogP contribution is -2.17. The highest BCUT2D eigenvalue weighted by Crippen LogP contribution is 2.52. The quantitative estimate of drug-likeness (QED) is 0.353. The van der Waals surface area contributed by atoms with Crippen molar-refractivity contribution >= 4 is 49.8 Å². The van der Waals surface area contributed by atoms with Crippen LogP contribution in [-0.4, -0.2) is 22.3 Å². The number of amides is 1. The second-order valence-electron chi connectivity index (χ2n) is 7.75. The van der Waals surface area contributed by atoms with E-state index in [1.54, 1.807) is 6.92 Å². The average molecular weight is 479 g/mol. The third-order valence-corrected chi connectivity index (χ3v) is 7.91. The van der Waals surface area contributed by atoms with Gasteiger partial charge in [-0.2, -0.15) is 0 Å². The number of carbonyl (C=O) groups excluding carboxylic acids is 1. The Morgan fingerprint density at radius 3 is 2.64 bits per heavy atom. The van der Waals surface area contributed by atoms with Crippen LogP contribution in [0.5, 0.6) is 0 Å². The number of thiophene rings is 2. The number of aliphatic carboxylic acids is 1. The number of rotatable bonds is 5. The molecule has 1 aromatic carbocycles. The molecular weight excluding hydrogens is 460 g/mol. The average Bonchev–Trinajstić information content (AvgIpc) is 3.12. The first-order chi connectivity index (χ1) is 15.9. The van der Waals surface area contributed by atoms with Crippen molar-refractivity contribution in [2.45, 2.75) is 31.3 Å². The molecule has 5 rings (SSSR count). The Morgan fingerprint density at radius 1 is 1.18 bits per heavy atom. The van der Waals surface area contributed by atoms with Gasteiger partial charge in [0, 0.05) is 14.3 Å². The Balaban J connectivity index is 1.27. The van der Waals surface area contributed by atoms with Gasteiger partial charge >= 0.3 is 12.1 Å². The highest BCUT2D eigenvalue weighted by molar-refractivity contribution is 7.28.